The maximum Gasteiger partial charge on any atom is 0.338 e. The molecule has 3 aromatic heterocycles. The molecule has 0 spiro atoms. The van der Waals surface area contributed by atoms with E-state index in [9.17, 15) is 4.79 Å². The van der Waals surface area contributed by atoms with Crippen molar-refractivity contribution in [3.05, 3.63) is 66.7 Å². The van der Waals surface area contributed by atoms with Crippen LogP contribution in [-0.4, -0.2) is 28.0 Å². The zero-order chi connectivity index (χ0) is 15.4. The van der Waals surface area contributed by atoms with Crippen molar-refractivity contribution in [3.8, 4) is 22.5 Å². The van der Waals surface area contributed by atoms with Crippen molar-refractivity contribution in [1.29, 1.82) is 0 Å². The molecule has 0 N–H and O–H groups in total. The van der Waals surface area contributed by atoms with E-state index in [1.54, 1.807) is 36.9 Å². The fourth-order valence-corrected chi connectivity index (χ4v) is 2.09. The van der Waals surface area contributed by atoms with Gasteiger partial charge in [0.05, 0.1) is 24.1 Å². The van der Waals surface area contributed by atoms with Crippen LogP contribution in [0.15, 0.2) is 61.2 Å². The van der Waals surface area contributed by atoms with E-state index in [2.05, 4.69) is 15.0 Å². The largest absolute Gasteiger partial charge is 0.465 e. The molecule has 5 heteroatoms. The zero-order valence-corrected chi connectivity index (χ0v) is 11.9. The SMILES string of the molecule is COC(=O)c1cc(-c2cccnc2)nc(-c2cccnc2)c1. The van der Waals surface area contributed by atoms with Gasteiger partial charge in [0, 0.05) is 35.9 Å². The predicted molar refractivity (Wildman–Crippen MR) is 82.0 cm³/mol. The average molecular weight is 291 g/mol. The molecule has 0 atom stereocenters. The van der Waals surface area contributed by atoms with E-state index in [4.69, 9.17) is 4.74 Å². The highest BCUT2D eigenvalue weighted by molar-refractivity contribution is 5.92. The summed E-state index contributed by atoms with van der Waals surface area (Å²) in [6.45, 7) is 0. The first kappa shape index (κ1) is 13.9. The smallest absolute Gasteiger partial charge is 0.338 e. The number of hydrogen-bond donors (Lipinski definition) is 0. The second-order valence-corrected chi connectivity index (χ2v) is 4.60. The summed E-state index contributed by atoms with van der Waals surface area (Å²) in [4.78, 5) is 24.7. The molecule has 5 nitrogen and oxygen atoms in total. The first-order chi connectivity index (χ1) is 10.8. The van der Waals surface area contributed by atoms with Crippen LogP contribution in [-0.2, 0) is 4.74 Å². The van der Waals surface area contributed by atoms with Crippen molar-refractivity contribution in [2.75, 3.05) is 7.11 Å². The molecule has 3 heterocycles. The van der Waals surface area contributed by atoms with Crippen molar-refractivity contribution < 1.29 is 9.53 Å². The number of esters is 1. The molecule has 22 heavy (non-hydrogen) atoms. The molecule has 0 aliphatic carbocycles. The van der Waals surface area contributed by atoms with E-state index in [-0.39, 0.29) is 0 Å². The van der Waals surface area contributed by atoms with Crippen LogP contribution in [0.4, 0.5) is 0 Å². The number of nitrogens with zero attached hydrogens (tertiary/aromatic N) is 3. The van der Waals surface area contributed by atoms with Gasteiger partial charge in [0.15, 0.2) is 0 Å². The predicted octanol–water partition coefficient (Wildman–Crippen LogP) is 2.99. The minimum Gasteiger partial charge on any atom is -0.465 e. The zero-order valence-electron chi connectivity index (χ0n) is 11.9. The molecule has 0 saturated heterocycles. The maximum absolute atomic E-state index is 11.9. The average Bonchev–Trinajstić information content (AvgIpc) is 2.62. The lowest BCUT2D eigenvalue weighted by molar-refractivity contribution is 0.0600. The van der Waals surface area contributed by atoms with Crippen molar-refractivity contribution in [2.24, 2.45) is 0 Å². The van der Waals surface area contributed by atoms with Gasteiger partial charge in [-0.1, -0.05) is 0 Å². The number of methoxy groups -OCH3 is 1. The number of rotatable bonds is 3. The van der Waals surface area contributed by atoms with Gasteiger partial charge in [-0.05, 0) is 36.4 Å². The summed E-state index contributed by atoms with van der Waals surface area (Å²) in [6.07, 6.45) is 6.79. The Morgan fingerprint density at radius 1 is 0.955 bits per heavy atom. The van der Waals surface area contributed by atoms with Crippen LogP contribution in [0.2, 0.25) is 0 Å². The minimum absolute atomic E-state index is 0.405. The third kappa shape index (κ3) is 2.83. The summed E-state index contributed by atoms with van der Waals surface area (Å²) >= 11 is 0. The lowest BCUT2D eigenvalue weighted by atomic mass is 10.1. The van der Waals surface area contributed by atoms with Crippen molar-refractivity contribution >= 4 is 5.97 Å². The molecule has 0 bridgehead atoms. The number of ether oxygens (including phenoxy) is 1. The Kier molecular flexibility index (Phi) is 3.87. The third-order valence-electron chi connectivity index (χ3n) is 3.16. The Morgan fingerprint density at radius 3 is 1.91 bits per heavy atom. The van der Waals surface area contributed by atoms with Gasteiger partial charge >= 0.3 is 5.97 Å². The molecule has 0 radical (unpaired) electrons. The normalized spacial score (nSPS) is 10.2. The monoisotopic (exact) mass is 291 g/mol. The molecular weight excluding hydrogens is 278 g/mol. The van der Waals surface area contributed by atoms with E-state index < -0.39 is 5.97 Å². The number of pyridine rings is 3. The fraction of sp³-hybridized carbons (Fsp3) is 0.0588. The molecule has 3 aromatic rings. The van der Waals surface area contributed by atoms with E-state index >= 15 is 0 Å². The quantitative estimate of drug-likeness (QED) is 0.694. The molecule has 0 fully saturated rings. The minimum atomic E-state index is -0.405. The van der Waals surface area contributed by atoms with Gasteiger partial charge in [-0.2, -0.15) is 0 Å². The van der Waals surface area contributed by atoms with Gasteiger partial charge < -0.3 is 4.74 Å². The van der Waals surface area contributed by atoms with Gasteiger partial charge in [0.1, 0.15) is 0 Å². The van der Waals surface area contributed by atoms with Crippen molar-refractivity contribution in [2.45, 2.75) is 0 Å². The Balaban J connectivity index is 2.17. The van der Waals surface area contributed by atoms with Crippen LogP contribution in [0, 0.1) is 0 Å². The molecule has 0 saturated carbocycles. The molecule has 0 aromatic carbocycles. The van der Waals surface area contributed by atoms with Gasteiger partial charge in [-0.15, -0.1) is 0 Å². The first-order valence-corrected chi connectivity index (χ1v) is 6.69. The number of carbonyl (C=O) groups is 1. The second-order valence-electron chi connectivity index (χ2n) is 4.60. The van der Waals surface area contributed by atoms with E-state index in [0.717, 1.165) is 11.1 Å². The standard InChI is InChI=1S/C17H13N3O2/c1-22-17(21)14-8-15(12-4-2-6-18-10-12)20-16(9-14)13-5-3-7-19-11-13/h2-11H,1H3. The van der Waals surface area contributed by atoms with Crippen LogP contribution in [0.25, 0.3) is 22.5 Å². The van der Waals surface area contributed by atoms with Crippen LogP contribution in [0.5, 0.6) is 0 Å². The highest BCUT2D eigenvalue weighted by Gasteiger charge is 2.12. The Labute approximate surface area is 127 Å². The molecule has 3 rings (SSSR count). The van der Waals surface area contributed by atoms with E-state index in [0.29, 0.717) is 17.0 Å². The van der Waals surface area contributed by atoms with Crippen LogP contribution < -0.4 is 0 Å². The fourth-order valence-electron chi connectivity index (χ4n) is 2.09. The van der Waals surface area contributed by atoms with E-state index in [1.165, 1.54) is 7.11 Å². The maximum atomic E-state index is 11.9. The van der Waals surface area contributed by atoms with Crippen molar-refractivity contribution in [1.82, 2.24) is 15.0 Å². The summed E-state index contributed by atoms with van der Waals surface area (Å²) in [6, 6.07) is 10.8. The molecule has 0 aliphatic heterocycles. The summed E-state index contributed by atoms with van der Waals surface area (Å²) in [5.74, 6) is -0.405. The van der Waals surface area contributed by atoms with Crippen LogP contribution in [0.3, 0.4) is 0 Å². The molecule has 0 amide bonds. The third-order valence-corrected chi connectivity index (χ3v) is 3.16. The summed E-state index contributed by atoms with van der Waals surface area (Å²) in [7, 11) is 1.36. The highest BCUT2D eigenvalue weighted by atomic mass is 16.5. The Hall–Kier alpha value is -3.08. The van der Waals surface area contributed by atoms with Gasteiger partial charge in [0.25, 0.3) is 0 Å². The number of aromatic nitrogens is 3. The van der Waals surface area contributed by atoms with Gasteiger partial charge in [0.2, 0.25) is 0 Å². The number of carbonyl (C=O) groups excluding carboxylic acids is 1. The van der Waals surface area contributed by atoms with E-state index in [1.807, 2.05) is 24.3 Å². The number of hydrogen-bond acceptors (Lipinski definition) is 5. The van der Waals surface area contributed by atoms with Gasteiger partial charge in [-0.3, -0.25) is 9.97 Å². The van der Waals surface area contributed by atoms with Crippen molar-refractivity contribution in [3.63, 3.8) is 0 Å². The molecule has 0 unspecified atom stereocenters. The highest BCUT2D eigenvalue weighted by Crippen LogP contribution is 2.24. The Morgan fingerprint density at radius 2 is 1.50 bits per heavy atom. The molecular formula is C17H13N3O2. The summed E-state index contributed by atoms with van der Waals surface area (Å²) in [5.41, 5.74) is 3.43. The Bertz CT molecular complexity index is 732. The van der Waals surface area contributed by atoms with Gasteiger partial charge in [-0.25, -0.2) is 9.78 Å². The molecule has 108 valence electrons. The second kappa shape index (κ2) is 6.13. The first-order valence-electron chi connectivity index (χ1n) is 6.69. The van der Waals surface area contributed by atoms with Crippen LogP contribution in [0.1, 0.15) is 10.4 Å². The summed E-state index contributed by atoms with van der Waals surface area (Å²) in [5, 5.41) is 0. The molecule has 0 aliphatic rings. The van der Waals surface area contributed by atoms with Crippen LogP contribution >= 0.6 is 0 Å². The lowest BCUT2D eigenvalue weighted by Crippen LogP contribution is -2.03. The lowest BCUT2D eigenvalue weighted by Gasteiger charge is -2.08. The topological polar surface area (TPSA) is 65.0 Å². The summed E-state index contributed by atoms with van der Waals surface area (Å²) < 4.78 is 4.82.